The Morgan fingerprint density at radius 3 is 2.86 bits per heavy atom. The maximum atomic E-state index is 12.0. The third-order valence-electron chi connectivity index (χ3n) is 4.04. The number of rotatable bonds is 5. The van der Waals surface area contributed by atoms with Crippen LogP contribution in [0, 0.1) is 0 Å². The molecule has 2 N–H and O–H groups in total. The molecule has 1 fully saturated rings. The van der Waals surface area contributed by atoms with Gasteiger partial charge in [-0.1, -0.05) is 25.9 Å². The van der Waals surface area contributed by atoms with Crippen molar-refractivity contribution in [1.29, 1.82) is 0 Å². The Kier molecular flexibility index (Phi) is 5.56. The van der Waals surface area contributed by atoms with Crippen molar-refractivity contribution in [3.8, 4) is 0 Å². The van der Waals surface area contributed by atoms with Crippen LogP contribution in [0.5, 0.6) is 0 Å². The van der Waals surface area contributed by atoms with E-state index in [0.29, 0.717) is 30.6 Å². The minimum atomic E-state index is -0.108. The van der Waals surface area contributed by atoms with Crippen LogP contribution in [-0.4, -0.2) is 34.7 Å². The molecule has 1 aromatic heterocycles. The number of amides is 1. The number of nitrogens with zero attached hydrogens (tertiary/aromatic N) is 2. The van der Waals surface area contributed by atoms with Crippen molar-refractivity contribution in [2.45, 2.75) is 77.3 Å². The normalized spacial score (nSPS) is 22.5. The molecule has 1 aromatic rings. The SMILES string of the molecule is CC1NCCCC1NC(=O)CCCc1nc(C(C)(C)C)no1. The van der Waals surface area contributed by atoms with E-state index < -0.39 is 0 Å². The molecule has 0 bridgehead atoms. The van der Waals surface area contributed by atoms with Gasteiger partial charge in [-0.15, -0.1) is 0 Å². The van der Waals surface area contributed by atoms with E-state index in [1.165, 1.54) is 0 Å². The Hall–Kier alpha value is -1.43. The minimum absolute atomic E-state index is 0.108. The Bertz CT molecular complexity index is 493. The number of hydrogen-bond donors (Lipinski definition) is 2. The number of piperidine rings is 1. The minimum Gasteiger partial charge on any atom is -0.352 e. The predicted molar refractivity (Wildman–Crippen MR) is 84.6 cm³/mol. The van der Waals surface area contributed by atoms with Crippen molar-refractivity contribution < 1.29 is 9.32 Å². The van der Waals surface area contributed by atoms with Crippen LogP contribution in [0.2, 0.25) is 0 Å². The molecule has 1 aliphatic rings. The second-order valence-electron chi connectivity index (χ2n) is 7.17. The first kappa shape index (κ1) is 16.9. The highest BCUT2D eigenvalue weighted by Crippen LogP contribution is 2.19. The summed E-state index contributed by atoms with van der Waals surface area (Å²) >= 11 is 0. The van der Waals surface area contributed by atoms with Crippen molar-refractivity contribution in [3.05, 3.63) is 11.7 Å². The van der Waals surface area contributed by atoms with Crippen molar-refractivity contribution in [3.63, 3.8) is 0 Å². The molecule has 2 rings (SSSR count). The first-order chi connectivity index (χ1) is 10.4. The molecule has 1 amide bonds. The van der Waals surface area contributed by atoms with Gasteiger partial charge in [-0.3, -0.25) is 4.79 Å². The fraction of sp³-hybridized carbons (Fsp3) is 0.812. The van der Waals surface area contributed by atoms with E-state index in [9.17, 15) is 4.79 Å². The Balaban J connectivity index is 1.71. The van der Waals surface area contributed by atoms with Crippen molar-refractivity contribution in [2.75, 3.05) is 6.54 Å². The lowest BCUT2D eigenvalue weighted by Crippen LogP contribution is -2.51. The Morgan fingerprint density at radius 2 is 2.23 bits per heavy atom. The lowest BCUT2D eigenvalue weighted by atomic mass is 9.96. The maximum Gasteiger partial charge on any atom is 0.226 e. The summed E-state index contributed by atoms with van der Waals surface area (Å²) in [4.78, 5) is 16.4. The first-order valence-electron chi connectivity index (χ1n) is 8.22. The summed E-state index contributed by atoms with van der Waals surface area (Å²) in [6.45, 7) is 9.31. The van der Waals surface area contributed by atoms with Gasteiger partial charge in [-0.25, -0.2) is 0 Å². The molecule has 22 heavy (non-hydrogen) atoms. The third-order valence-corrected chi connectivity index (χ3v) is 4.04. The molecule has 0 aromatic carbocycles. The zero-order chi connectivity index (χ0) is 16.2. The maximum absolute atomic E-state index is 12.0. The molecule has 1 aliphatic heterocycles. The topological polar surface area (TPSA) is 80.0 Å². The molecule has 6 heteroatoms. The zero-order valence-corrected chi connectivity index (χ0v) is 14.1. The van der Waals surface area contributed by atoms with Gasteiger partial charge in [0.15, 0.2) is 5.82 Å². The van der Waals surface area contributed by atoms with Crippen LogP contribution in [0.15, 0.2) is 4.52 Å². The van der Waals surface area contributed by atoms with E-state index in [0.717, 1.165) is 25.8 Å². The van der Waals surface area contributed by atoms with Gasteiger partial charge in [0.1, 0.15) is 0 Å². The monoisotopic (exact) mass is 308 g/mol. The molecular weight excluding hydrogens is 280 g/mol. The molecule has 1 saturated heterocycles. The average Bonchev–Trinajstić information content (AvgIpc) is 2.90. The van der Waals surface area contributed by atoms with E-state index in [1.807, 2.05) is 0 Å². The summed E-state index contributed by atoms with van der Waals surface area (Å²) < 4.78 is 5.24. The quantitative estimate of drug-likeness (QED) is 0.869. The number of aryl methyl sites for hydroxylation is 1. The highest BCUT2D eigenvalue weighted by Gasteiger charge is 2.23. The summed E-state index contributed by atoms with van der Waals surface area (Å²) in [5.41, 5.74) is -0.108. The highest BCUT2D eigenvalue weighted by atomic mass is 16.5. The number of hydrogen-bond acceptors (Lipinski definition) is 5. The molecule has 124 valence electrons. The smallest absolute Gasteiger partial charge is 0.226 e. The zero-order valence-electron chi connectivity index (χ0n) is 14.1. The number of carbonyl (C=O) groups excluding carboxylic acids is 1. The summed E-state index contributed by atoms with van der Waals surface area (Å²) in [6, 6.07) is 0.597. The fourth-order valence-electron chi connectivity index (χ4n) is 2.58. The van der Waals surface area contributed by atoms with Crippen LogP contribution in [0.1, 0.15) is 65.1 Å². The number of carbonyl (C=O) groups is 1. The van der Waals surface area contributed by atoms with Gasteiger partial charge in [-0.05, 0) is 32.7 Å². The molecule has 2 unspecified atom stereocenters. The van der Waals surface area contributed by atoms with Crippen LogP contribution >= 0.6 is 0 Å². The molecule has 0 spiro atoms. The van der Waals surface area contributed by atoms with Crippen LogP contribution in [0.25, 0.3) is 0 Å². The van der Waals surface area contributed by atoms with Gasteiger partial charge >= 0.3 is 0 Å². The van der Waals surface area contributed by atoms with E-state index in [4.69, 9.17) is 4.52 Å². The first-order valence-corrected chi connectivity index (χ1v) is 8.22. The second kappa shape index (κ2) is 7.22. The van der Waals surface area contributed by atoms with Crippen LogP contribution in [0.4, 0.5) is 0 Å². The Morgan fingerprint density at radius 1 is 1.45 bits per heavy atom. The van der Waals surface area contributed by atoms with Gasteiger partial charge < -0.3 is 15.2 Å². The van der Waals surface area contributed by atoms with Gasteiger partial charge in [0.2, 0.25) is 11.8 Å². The molecule has 2 atom stereocenters. The molecular formula is C16H28N4O2. The molecule has 0 radical (unpaired) electrons. The fourth-order valence-corrected chi connectivity index (χ4v) is 2.58. The summed E-state index contributed by atoms with van der Waals surface area (Å²) in [5, 5.41) is 10.5. The van der Waals surface area contributed by atoms with Gasteiger partial charge in [0, 0.05) is 30.3 Å². The summed E-state index contributed by atoms with van der Waals surface area (Å²) in [6.07, 6.45) is 4.04. The van der Waals surface area contributed by atoms with Crippen molar-refractivity contribution in [1.82, 2.24) is 20.8 Å². The van der Waals surface area contributed by atoms with Crippen LogP contribution in [-0.2, 0) is 16.6 Å². The highest BCUT2D eigenvalue weighted by molar-refractivity contribution is 5.76. The van der Waals surface area contributed by atoms with Crippen molar-refractivity contribution in [2.24, 2.45) is 0 Å². The predicted octanol–water partition coefficient (Wildman–Crippen LogP) is 1.95. The summed E-state index contributed by atoms with van der Waals surface area (Å²) in [5.74, 6) is 1.44. The van der Waals surface area contributed by atoms with Gasteiger partial charge in [-0.2, -0.15) is 4.98 Å². The number of nitrogens with one attached hydrogen (secondary N) is 2. The molecule has 6 nitrogen and oxygen atoms in total. The molecule has 2 heterocycles. The van der Waals surface area contributed by atoms with Crippen LogP contribution < -0.4 is 10.6 Å². The van der Waals surface area contributed by atoms with E-state index in [-0.39, 0.29) is 17.4 Å². The van der Waals surface area contributed by atoms with E-state index >= 15 is 0 Å². The van der Waals surface area contributed by atoms with E-state index in [2.05, 4.69) is 48.5 Å². The Labute approximate surface area is 132 Å². The lowest BCUT2D eigenvalue weighted by molar-refractivity contribution is -0.122. The van der Waals surface area contributed by atoms with E-state index in [1.54, 1.807) is 0 Å². The van der Waals surface area contributed by atoms with Gasteiger partial charge in [0.25, 0.3) is 0 Å². The summed E-state index contributed by atoms with van der Waals surface area (Å²) in [7, 11) is 0. The van der Waals surface area contributed by atoms with Crippen molar-refractivity contribution >= 4 is 5.91 Å². The molecule has 0 aliphatic carbocycles. The second-order valence-corrected chi connectivity index (χ2v) is 7.17. The standard InChI is InChI=1S/C16H28N4O2/c1-11-12(7-6-10-17-11)18-13(21)8-5-9-14-19-15(20-22-14)16(2,3)4/h11-12,17H,5-10H2,1-4H3,(H,18,21). The average molecular weight is 308 g/mol. The number of aromatic nitrogens is 2. The largest absolute Gasteiger partial charge is 0.352 e. The molecule has 0 saturated carbocycles. The third kappa shape index (κ3) is 4.80. The van der Waals surface area contributed by atoms with Gasteiger partial charge in [0.05, 0.1) is 0 Å². The lowest BCUT2D eigenvalue weighted by Gasteiger charge is -2.30. The van der Waals surface area contributed by atoms with Crippen LogP contribution in [0.3, 0.4) is 0 Å².